The van der Waals surface area contributed by atoms with E-state index in [2.05, 4.69) is 5.32 Å². The molecule has 1 amide bonds. The number of carboxylic acids is 1. The molecule has 5 nitrogen and oxygen atoms in total. The first-order valence-electron chi connectivity index (χ1n) is 6.28. The second kappa shape index (κ2) is 7.14. The van der Waals surface area contributed by atoms with Crippen molar-refractivity contribution in [3.8, 4) is 5.75 Å². The van der Waals surface area contributed by atoms with Crippen molar-refractivity contribution in [2.75, 3.05) is 6.54 Å². The van der Waals surface area contributed by atoms with Crippen LogP contribution >= 0.6 is 11.6 Å². The fourth-order valence-corrected chi connectivity index (χ4v) is 1.65. The highest BCUT2D eigenvalue weighted by atomic mass is 35.5. The molecule has 110 valence electrons. The number of hydrogen-bond acceptors (Lipinski definition) is 3. The van der Waals surface area contributed by atoms with Gasteiger partial charge < -0.3 is 15.2 Å². The van der Waals surface area contributed by atoms with E-state index >= 15 is 0 Å². The van der Waals surface area contributed by atoms with Crippen molar-refractivity contribution in [3.63, 3.8) is 0 Å². The van der Waals surface area contributed by atoms with E-state index in [1.165, 1.54) is 18.2 Å². The maximum Gasteiger partial charge on any atom is 0.335 e. The molecule has 20 heavy (non-hydrogen) atoms. The van der Waals surface area contributed by atoms with Gasteiger partial charge in [-0.3, -0.25) is 4.79 Å². The summed E-state index contributed by atoms with van der Waals surface area (Å²) in [5.74, 6) is -0.674. The smallest absolute Gasteiger partial charge is 0.335 e. The summed E-state index contributed by atoms with van der Waals surface area (Å²) in [4.78, 5) is 22.5. The molecule has 0 aromatic heterocycles. The number of aromatic carboxylic acids is 1. The Bertz CT molecular complexity index is 502. The van der Waals surface area contributed by atoms with Gasteiger partial charge >= 0.3 is 5.97 Å². The quantitative estimate of drug-likeness (QED) is 0.846. The predicted molar refractivity (Wildman–Crippen MR) is 76.3 cm³/mol. The minimum absolute atomic E-state index is 0.0688. The number of nitrogens with one attached hydrogen (secondary N) is 1. The number of amides is 1. The molecule has 1 rings (SSSR count). The van der Waals surface area contributed by atoms with E-state index in [1.54, 1.807) is 6.92 Å². The summed E-state index contributed by atoms with van der Waals surface area (Å²) in [6.07, 6.45) is -0.707. The standard InChI is InChI=1S/C14H18ClNO4/c1-8(2)7-16-13(17)9(3)20-12-5-4-10(14(18)19)6-11(12)15/h4-6,8-9H,7H2,1-3H3,(H,16,17)(H,18,19). The van der Waals surface area contributed by atoms with Crippen LogP contribution in [0.2, 0.25) is 5.02 Å². The van der Waals surface area contributed by atoms with Crippen molar-refractivity contribution in [2.45, 2.75) is 26.9 Å². The van der Waals surface area contributed by atoms with Crippen LogP contribution in [0, 0.1) is 5.92 Å². The number of hydrogen-bond donors (Lipinski definition) is 2. The molecule has 1 unspecified atom stereocenters. The number of halogens is 1. The molecule has 0 radical (unpaired) electrons. The first kappa shape index (κ1) is 16.3. The Morgan fingerprint density at radius 3 is 2.50 bits per heavy atom. The summed E-state index contributed by atoms with van der Waals surface area (Å²) >= 11 is 5.93. The van der Waals surface area contributed by atoms with E-state index in [9.17, 15) is 9.59 Å². The normalized spacial score (nSPS) is 12.1. The lowest BCUT2D eigenvalue weighted by molar-refractivity contribution is -0.127. The Morgan fingerprint density at radius 1 is 1.35 bits per heavy atom. The predicted octanol–water partition coefficient (Wildman–Crippen LogP) is 2.58. The summed E-state index contributed by atoms with van der Waals surface area (Å²) < 4.78 is 5.44. The molecule has 0 spiro atoms. The Morgan fingerprint density at radius 2 is 2.00 bits per heavy atom. The van der Waals surface area contributed by atoms with E-state index in [0.29, 0.717) is 12.5 Å². The molecule has 0 aliphatic heterocycles. The molecular weight excluding hydrogens is 282 g/mol. The molecule has 1 aromatic carbocycles. The molecule has 0 aliphatic carbocycles. The van der Waals surface area contributed by atoms with E-state index in [0.717, 1.165) is 0 Å². The van der Waals surface area contributed by atoms with Crippen molar-refractivity contribution in [1.29, 1.82) is 0 Å². The van der Waals surface area contributed by atoms with Crippen molar-refractivity contribution in [2.24, 2.45) is 5.92 Å². The highest BCUT2D eigenvalue weighted by Crippen LogP contribution is 2.26. The number of carboxylic acid groups (broad SMARTS) is 1. The van der Waals surface area contributed by atoms with E-state index < -0.39 is 12.1 Å². The van der Waals surface area contributed by atoms with Crippen molar-refractivity contribution >= 4 is 23.5 Å². The number of carbonyl (C=O) groups is 2. The average molecular weight is 300 g/mol. The first-order chi connectivity index (χ1) is 9.31. The van der Waals surface area contributed by atoms with Crippen molar-refractivity contribution in [3.05, 3.63) is 28.8 Å². The van der Waals surface area contributed by atoms with Gasteiger partial charge in [-0.25, -0.2) is 4.79 Å². The summed E-state index contributed by atoms with van der Waals surface area (Å²) in [5.41, 5.74) is 0.0688. The highest BCUT2D eigenvalue weighted by Gasteiger charge is 2.17. The minimum Gasteiger partial charge on any atom is -0.479 e. The maximum absolute atomic E-state index is 11.8. The zero-order chi connectivity index (χ0) is 15.3. The largest absolute Gasteiger partial charge is 0.479 e. The van der Waals surface area contributed by atoms with Crippen LogP contribution < -0.4 is 10.1 Å². The van der Waals surface area contributed by atoms with Crippen LogP contribution in [0.15, 0.2) is 18.2 Å². The number of ether oxygens (including phenoxy) is 1. The molecule has 0 aliphatic rings. The number of carbonyl (C=O) groups excluding carboxylic acids is 1. The third-order valence-electron chi connectivity index (χ3n) is 2.54. The summed E-state index contributed by atoms with van der Waals surface area (Å²) in [6.45, 7) is 6.16. The SMILES string of the molecule is CC(C)CNC(=O)C(C)Oc1ccc(C(=O)O)cc1Cl. The second-order valence-electron chi connectivity index (χ2n) is 4.85. The summed E-state index contributed by atoms with van der Waals surface area (Å²) in [7, 11) is 0. The topological polar surface area (TPSA) is 75.6 Å². The molecule has 0 fully saturated rings. The van der Waals surface area contributed by atoms with E-state index in [-0.39, 0.29) is 22.2 Å². The van der Waals surface area contributed by atoms with Gasteiger partial charge in [0.1, 0.15) is 5.75 Å². The van der Waals surface area contributed by atoms with Crippen LogP contribution in [0.1, 0.15) is 31.1 Å². The summed E-state index contributed by atoms with van der Waals surface area (Å²) in [6, 6.07) is 4.11. The maximum atomic E-state index is 11.8. The molecule has 0 bridgehead atoms. The molecule has 0 heterocycles. The molecule has 1 atom stereocenters. The Labute approximate surface area is 122 Å². The van der Waals surface area contributed by atoms with Gasteiger partial charge in [0.05, 0.1) is 10.6 Å². The van der Waals surface area contributed by atoms with Gasteiger partial charge in [0, 0.05) is 6.54 Å². The van der Waals surface area contributed by atoms with Crippen LogP contribution in [0.25, 0.3) is 0 Å². The van der Waals surface area contributed by atoms with Crippen LogP contribution in [0.5, 0.6) is 5.75 Å². The number of rotatable bonds is 6. The van der Waals surface area contributed by atoms with Crippen molar-refractivity contribution < 1.29 is 19.4 Å². The van der Waals surface area contributed by atoms with E-state index in [1.807, 2.05) is 13.8 Å². The zero-order valence-corrected chi connectivity index (χ0v) is 12.4. The van der Waals surface area contributed by atoms with Gasteiger partial charge in [0.2, 0.25) is 0 Å². The van der Waals surface area contributed by atoms with Crippen LogP contribution in [0.3, 0.4) is 0 Å². The Balaban J connectivity index is 2.68. The second-order valence-corrected chi connectivity index (χ2v) is 5.26. The third kappa shape index (κ3) is 4.74. The van der Waals surface area contributed by atoms with Gasteiger partial charge in [-0.1, -0.05) is 25.4 Å². The minimum atomic E-state index is -1.07. The molecule has 0 saturated carbocycles. The molecule has 1 aromatic rings. The van der Waals surface area contributed by atoms with Gasteiger partial charge in [-0.2, -0.15) is 0 Å². The fourth-order valence-electron chi connectivity index (χ4n) is 1.42. The van der Waals surface area contributed by atoms with Crippen LogP contribution in [-0.4, -0.2) is 29.6 Å². The zero-order valence-electron chi connectivity index (χ0n) is 11.6. The monoisotopic (exact) mass is 299 g/mol. The Kier molecular flexibility index (Phi) is 5.82. The van der Waals surface area contributed by atoms with E-state index in [4.69, 9.17) is 21.4 Å². The van der Waals surface area contributed by atoms with Crippen LogP contribution in [0.4, 0.5) is 0 Å². The molecular formula is C14H18ClNO4. The lowest BCUT2D eigenvalue weighted by atomic mass is 10.2. The average Bonchev–Trinajstić information content (AvgIpc) is 2.37. The van der Waals surface area contributed by atoms with Gasteiger partial charge in [0.15, 0.2) is 6.10 Å². The van der Waals surface area contributed by atoms with Gasteiger partial charge in [-0.05, 0) is 31.0 Å². The highest BCUT2D eigenvalue weighted by molar-refractivity contribution is 6.32. The molecule has 2 N–H and O–H groups in total. The van der Waals surface area contributed by atoms with Gasteiger partial charge in [0.25, 0.3) is 5.91 Å². The molecule has 6 heteroatoms. The van der Waals surface area contributed by atoms with Crippen LogP contribution in [-0.2, 0) is 4.79 Å². The molecule has 0 saturated heterocycles. The van der Waals surface area contributed by atoms with Gasteiger partial charge in [-0.15, -0.1) is 0 Å². The summed E-state index contributed by atoms with van der Waals surface area (Å²) in [5, 5.41) is 11.7. The lowest BCUT2D eigenvalue weighted by Gasteiger charge is -2.16. The lowest BCUT2D eigenvalue weighted by Crippen LogP contribution is -2.38. The Hall–Kier alpha value is -1.75. The third-order valence-corrected chi connectivity index (χ3v) is 2.83. The van der Waals surface area contributed by atoms with Crippen molar-refractivity contribution in [1.82, 2.24) is 5.32 Å². The fraction of sp³-hybridized carbons (Fsp3) is 0.429. The number of benzene rings is 1. The first-order valence-corrected chi connectivity index (χ1v) is 6.66.